The molecule has 1 aliphatic carbocycles. The van der Waals surface area contributed by atoms with Crippen LogP contribution < -0.4 is 0 Å². The lowest BCUT2D eigenvalue weighted by atomic mass is 9.78. The first-order valence-electron chi connectivity index (χ1n) is 4.86. The standard InChI is InChI=1S/C11H18O/c1-4-11(12)10-7-8(2)5-6-9(10)3/h5-6,8-10H,4,7H2,1-3H3/t8-,9+,10+/m1/s1. The number of rotatable bonds is 2. The molecule has 0 radical (unpaired) electrons. The van der Waals surface area contributed by atoms with Crippen LogP contribution >= 0.6 is 0 Å². The van der Waals surface area contributed by atoms with E-state index in [0.717, 1.165) is 6.42 Å². The Morgan fingerprint density at radius 2 is 2.08 bits per heavy atom. The van der Waals surface area contributed by atoms with Crippen molar-refractivity contribution in [1.82, 2.24) is 0 Å². The summed E-state index contributed by atoms with van der Waals surface area (Å²) in [6.07, 6.45) is 6.15. The van der Waals surface area contributed by atoms with Gasteiger partial charge < -0.3 is 0 Å². The third-order valence-electron chi connectivity index (χ3n) is 2.77. The molecule has 0 aromatic heterocycles. The zero-order valence-electron chi connectivity index (χ0n) is 8.21. The molecule has 12 heavy (non-hydrogen) atoms. The van der Waals surface area contributed by atoms with Crippen LogP contribution in [0.5, 0.6) is 0 Å². The maximum Gasteiger partial charge on any atom is 0.136 e. The highest BCUT2D eigenvalue weighted by molar-refractivity contribution is 5.81. The smallest absolute Gasteiger partial charge is 0.136 e. The van der Waals surface area contributed by atoms with Gasteiger partial charge >= 0.3 is 0 Å². The van der Waals surface area contributed by atoms with Gasteiger partial charge in [0.2, 0.25) is 0 Å². The molecule has 3 atom stereocenters. The zero-order valence-corrected chi connectivity index (χ0v) is 8.21. The van der Waals surface area contributed by atoms with Crippen LogP contribution in [0, 0.1) is 17.8 Å². The highest BCUT2D eigenvalue weighted by Crippen LogP contribution is 2.29. The Morgan fingerprint density at radius 3 is 2.67 bits per heavy atom. The first-order chi connectivity index (χ1) is 5.65. The Balaban J connectivity index is 2.65. The lowest BCUT2D eigenvalue weighted by molar-refractivity contribution is -0.124. The first kappa shape index (κ1) is 9.50. The number of hydrogen-bond donors (Lipinski definition) is 0. The molecule has 0 aliphatic heterocycles. The van der Waals surface area contributed by atoms with E-state index >= 15 is 0 Å². The van der Waals surface area contributed by atoms with Crippen molar-refractivity contribution in [2.45, 2.75) is 33.6 Å². The minimum atomic E-state index is 0.287. The van der Waals surface area contributed by atoms with E-state index in [0.29, 0.717) is 24.0 Å². The Bertz CT molecular complexity index is 193. The van der Waals surface area contributed by atoms with Crippen LogP contribution in [0.25, 0.3) is 0 Å². The van der Waals surface area contributed by atoms with Gasteiger partial charge in [0.05, 0.1) is 0 Å². The number of Topliss-reactive ketones (excluding diaryl/α,β-unsaturated/α-hetero) is 1. The fourth-order valence-electron chi connectivity index (χ4n) is 1.88. The summed E-state index contributed by atoms with van der Waals surface area (Å²) >= 11 is 0. The average Bonchev–Trinajstić information content (AvgIpc) is 2.08. The van der Waals surface area contributed by atoms with Gasteiger partial charge in [-0.3, -0.25) is 4.79 Å². The summed E-state index contributed by atoms with van der Waals surface area (Å²) in [5, 5.41) is 0. The average molecular weight is 166 g/mol. The fraction of sp³-hybridized carbons (Fsp3) is 0.727. The van der Waals surface area contributed by atoms with Crippen molar-refractivity contribution < 1.29 is 4.79 Å². The minimum absolute atomic E-state index is 0.287. The molecule has 0 unspecified atom stereocenters. The van der Waals surface area contributed by atoms with Gasteiger partial charge in [-0.15, -0.1) is 0 Å². The molecule has 0 aromatic rings. The lowest BCUT2D eigenvalue weighted by Crippen LogP contribution is -2.25. The fourth-order valence-corrected chi connectivity index (χ4v) is 1.88. The van der Waals surface area contributed by atoms with E-state index in [4.69, 9.17) is 0 Å². The summed E-state index contributed by atoms with van der Waals surface area (Å²) in [7, 11) is 0. The second-order valence-corrected chi connectivity index (χ2v) is 3.88. The molecule has 68 valence electrons. The maximum absolute atomic E-state index is 11.5. The molecular formula is C11H18O. The molecule has 0 amide bonds. The number of ketones is 1. The molecule has 0 bridgehead atoms. The Labute approximate surface area is 74.9 Å². The summed E-state index contributed by atoms with van der Waals surface area (Å²) in [6.45, 7) is 6.27. The van der Waals surface area contributed by atoms with Crippen LogP contribution in [0.2, 0.25) is 0 Å². The largest absolute Gasteiger partial charge is 0.299 e. The predicted octanol–water partition coefficient (Wildman–Crippen LogP) is 2.81. The highest BCUT2D eigenvalue weighted by Gasteiger charge is 2.26. The van der Waals surface area contributed by atoms with E-state index < -0.39 is 0 Å². The van der Waals surface area contributed by atoms with Crippen LogP contribution in [0.4, 0.5) is 0 Å². The Hall–Kier alpha value is -0.590. The summed E-state index contributed by atoms with van der Waals surface area (Å²) in [6, 6.07) is 0. The summed E-state index contributed by atoms with van der Waals surface area (Å²) in [5.74, 6) is 1.75. The van der Waals surface area contributed by atoms with E-state index in [2.05, 4.69) is 26.0 Å². The normalized spacial score (nSPS) is 35.1. The third-order valence-corrected chi connectivity index (χ3v) is 2.77. The van der Waals surface area contributed by atoms with Crippen LogP contribution in [0.15, 0.2) is 12.2 Å². The maximum atomic E-state index is 11.5. The molecule has 0 heterocycles. The zero-order chi connectivity index (χ0) is 9.14. The predicted molar refractivity (Wildman–Crippen MR) is 50.9 cm³/mol. The lowest BCUT2D eigenvalue weighted by Gasteiger charge is -2.26. The molecule has 0 spiro atoms. The molecule has 0 fully saturated rings. The molecule has 1 heteroatoms. The molecule has 0 saturated carbocycles. The Morgan fingerprint density at radius 1 is 1.42 bits per heavy atom. The van der Waals surface area contributed by atoms with Crippen LogP contribution in [0.3, 0.4) is 0 Å². The summed E-state index contributed by atoms with van der Waals surface area (Å²) < 4.78 is 0. The van der Waals surface area contributed by atoms with E-state index in [9.17, 15) is 4.79 Å². The van der Waals surface area contributed by atoms with Gasteiger partial charge in [-0.1, -0.05) is 32.9 Å². The third kappa shape index (κ3) is 1.96. The van der Waals surface area contributed by atoms with Gasteiger partial charge in [0.15, 0.2) is 0 Å². The molecule has 1 aliphatic rings. The molecule has 1 rings (SSSR count). The van der Waals surface area contributed by atoms with E-state index in [-0.39, 0.29) is 5.92 Å². The number of carbonyl (C=O) groups is 1. The highest BCUT2D eigenvalue weighted by atomic mass is 16.1. The van der Waals surface area contributed by atoms with Gasteiger partial charge in [-0.05, 0) is 18.3 Å². The molecule has 0 N–H and O–H groups in total. The Kier molecular flexibility index (Phi) is 3.07. The van der Waals surface area contributed by atoms with Gasteiger partial charge in [-0.2, -0.15) is 0 Å². The van der Waals surface area contributed by atoms with Crippen LogP contribution in [0.1, 0.15) is 33.6 Å². The second kappa shape index (κ2) is 3.88. The van der Waals surface area contributed by atoms with Crippen molar-refractivity contribution in [1.29, 1.82) is 0 Å². The van der Waals surface area contributed by atoms with Crippen molar-refractivity contribution in [2.75, 3.05) is 0 Å². The van der Waals surface area contributed by atoms with Gasteiger partial charge in [0, 0.05) is 12.3 Å². The number of allylic oxidation sites excluding steroid dienone is 2. The van der Waals surface area contributed by atoms with E-state index in [1.165, 1.54) is 0 Å². The van der Waals surface area contributed by atoms with Crippen molar-refractivity contribution in [2.24, 2.45) is 17.8 Å². The van der Waals surface area contributed by atoms with Gasteiger partial charge in [-0.25, -0.2) is 0 Å². The van der Waals surface area contributed by atoms with E-state index in [1.54, 1.807) is 0 Å². The summed E-state index contributed by atoms with van der Waals surface area (Å²) in [5.41, 5.74) is 0. The first-order valence-corrected chi connectivity index (χ1v) is 4.86. The topological polar surface area (TPSA) is 17.1 Å². The molecular weight excluding hydrogens is 148 g/mol. The van der Waals surface area contributed by atoms with E-state index in [1.807, 2.05) is 6.92 Å². The number of hydrogen-bond acceptors (Lipinski definition) is 1. The molecule has 1 nitrogen and oxygen atoms in total. The van der Waals surface area contributed by atoms with Crippen LogP contribution in [-0.2, 0) is 4.79 Å². The minimum Gasteiger partial charge on any atom is -0.299 e. The van der Waals surface area contributed by atoms with Crippen molar-refractivity contribution in [3.05, 3.63) is 12.2 Å². The monoisotopic (exact) mass is 166 g/mol. The summed E-state index contributed by atoms with van der Waals surface area (Å²) in [4.78, 5) is 11.5. The SMILES string of the molecule is CCC(=O)[C@H]1C[C@H](C)C=C[C@@H]1C. The number of carbonyl (C=O) groups excluding carboxylic acids is 1. The molecule has 0 saturated heterocycles. The van der Waals surface area contributed by atoms with Crippen molar-refractivity contribution in [3.63, 3.8) is 0 Å². The van der Waals surface area contributed by atoms with Crippen LogP contribution in [-0.4, -0.2) is 5.78 Å². The van der Waals surface area contributed by atoms with Crippen molar-refractivity contribution >= 4 is 5.78 Å². The van der Waals surface area contributed by atoms with Gasteiger partial charge in [0.25, 0.3) is 0 Å². The van der Waals surface area contributed by atoms with Crippen molar-refractivity contribution in [3.8, 4) is 0 Å². The van der Waals surface area contributed by atoms with Gasteiger partial charge in [0.1, 0.15) is 5.78 Å². The second-order valence-electron chi connectivity index (χ2n) is 3.88. The molecule has 0 aromatic carbocycles. The quantitative estimate of drug-likeness (QED) is 0.576.